The second-order valence-electron chi connectivity index (χ2n) is 5.60. The Morgan fingerprint density at radius 3 is 2.45 bits per heavy atom. The Morgan fingerprint density at radius 2 is 1.59 bits per heavy atom. The molecule has 0 amide bonds. The number of hydrogen-bond acceptors (Lipinski definition) is 1. The average molecular weight is 287 g/mol. The molecular formula is C21H21N. The van der Waals surface area contributed by atoms with E-state index in [0.29, 0.717) is 0 Å². The Hall–Kier alpha value is -2.41. The van der Waals surface area contributed by atoms with Crippen molar-refractivity contribution < 1.29 is 0 Å². The van der Waals surface area contributed by atoms with Crippen LogP contribution in [0.15, 0.2) is 77.8 Å². The highest BCUT2D eigenvalue weighted by molar-refractivity contribution is 5.86. The molecule has 22 heavy (non-hydrogen) atoms. The highest BCUT2D eigenvalue weighted by Gasteiger charge is 2.06. The third-order valence-electron chi connectivity index (χ3n) is 4.01. The first-order valence-electron chi connectivity index (χ1n) is 7.88. The van der Waals surface area contributed by atoms with E-state index in [-0.39, 0.29) is 6.04 Å². The van der Waals surface area contributed by atoms with Crippen molar-refractivity contribution in [2.45, 2.75) is 25.8 Å². The molecule has 0 saturated carbocycles. The van der Waals surface area contributed by atoms with Crippen LogP contribution in [0, 0.1) is 0 Å². The molecule has 0 N–H and O–H groups in total. The molecule has 1 heteroatoms. The topological polar surface area (TPSA) is 12.4 Å². The van der Waals surface area contributed by atoms with Gasteiger partial charge in [0.15, 0.2) is 0 Å². The van der Waals surface area contributed by atoms with Gasteiger partial charge in [-0.05, 0) is 47.9 Å². The van der Waals surface area contributed by atoms with E-state index in [1.54, 1.807) is 0 Å². The first-order valence-corrected chi connectivity index (χ1v) is 7.88. The monoisotopic (exact) mass is 287 g/mol. The number of aliphatic imine (C=N–C) groups is 1. The van der Waals surface area contributed by atoms with Crippen molar-refractivity contribution in [3.63, 3.8) is 0 Å². The molecule has 0 aliphatic heterocycles. The van der Waals surface area contributed by atoms with Gasteiger partial charge in [-0.25, -0.2) is 0 Å². The fourth-order valence-corrected chi connectivity index (χ4v) is 2.80. The molecule has 3 aromatic carbocycles. The lowest BCUT2D eigenvalue weighted by Crippen LogP contribution is -1.93. The van der Waals surface area contributed by atoms with Gasteiger partial charge in [0, 0.05) is 0 Å². The van der Waals surface area contributed by atoms with E-state index in [1.165, 1.54) is 21.9 Å². The Kier molecular flexibility index (Phi) is 4.65. The molecule has 0 aromatic heterocycles. The summed E-state index contributed by atoms with van der Waals surface area (Å²) < 4.78 is 0. The van der Waals surface area contributed by atoms with Crippen molar-refractivity contribution in [3.05, 3.63) is 83.9 Å². The van der Waals surface area contributed by atoms with Crippen LogP contribution in [0.2, 0.25) is 0 Å². The standard InChI is InChI=1S/C21H21N/c1-17(22-16-8-11-18-9-3-2-4-10-18)20-15-7-13-19-12-5-6-14-21(19)20/h2-7,9-10,12-17H,8,11H2,1H3/t17-/m1/s1. The van der Waals surface area contributed by atoms with E-state index in [1.807, 2.05) is 0 Å². The molecule has 0 aliphatic rings. The van der Waals surface area contributed by atoms with Crippen LogP contribution >= 0.6 is 0 Å². The molecule has 0 heterocycles. The van der Waals surface area contributed by atoms with Crippen molar-refractivity contribution in [1.29, 1.82) is 0 Å². The predicted octanol–water partition coefficient (Wildman–Crippen LogP) is 5.60. The fraction of sp³-hybridized carbons (Fsp3) is 0.190. The van der Waals surface area contributed by atoms with Crippen LogP contribution in [0.1, 0.15) is 30.5 Å². The Bertz CT molecular complexity index is 754. The van der Waals surface area contributed by atoms with Crippen LogP contribution in [-0.4, -0.2) is 6.21 Å². The largest absolute Gasteiger partial charge is 0.290 e. The lowest BCUT2D eigenvalue weighted by atomic mass is 10.00. The van der Waals surface area contributed by atoms with Gasteiger partial charge in [-0.3, -0.25) is 4.99 Å². The van der Waals surface area contributed by atoms with Crippen LogP contribution in [0.4, 0.5) is 0 Å². The lowest BCUT2D eigenvalue weighted by Gasteiger charge is -2.10. The highest BCUT2D eigenvalue weighted by atomic mass is 14.8. The van der Waals surface area contributed by atoms with Gasteiger partial charge < -0.3 is 0 Å². The SMILES string of the molecule is C[C@@H](N=CCCc1ccccc1)c1cccc2ccccc12. The molecule has 0 aliphatic carbocycles. The number of benzene rings is 3. The minimum absolute atomic E-state index is 0.196. The summed E-state index contributed by atoms with van der Waals surface area (Å²) in [6, 6.07) is 25.7. The number of fused-ring (bicyclic) bond motifs is 1. The summed E-state index contributed by atoms with van der Waals surface area (Å²) in [6.07, 6.45) is 4.10. The molecular weight excluding hydrogens is 266 g/mol. The third kappa shape index (κ3) is 3.43. The van der Waals surface area contributed by atoms with E-state index in [2.05, 4.69) is 85.9 Å². The molecule has 0 unspecified atom stereocenters. The van der Waals surface area contributed by atoms with E-state index < -0.39 is 0 Å². The summed E-state index contributed by atoms with van der Waals surface area (Å²) in [4.78, 5) is 4.73. The van der Waals surface area contributed by atoms with Crippen molar-refractivity contribution in [3.8, 4) is 0 Å². The van der Waals surface area contributed by atoms with E-state index in [0.717, 1.165) is 12.8 Å². The second kappa shape index (κ2) is 7.04. The molecule has 3 aromatic rings. The maximum Gasteiger partial charge on any atom is 0.0722 e. The zero-order valence-electron chi connectivity index (χ0n) is 12.9. The number of hydrogen-bond donors (Lipinski definition) is 0. The maximum absolute atomic E-state index is 4.73. The zero-order chi connectivity index (χ0) is 15.2. The minimum Gasteiger partial charge on any atom is -0.290 e. The van der Waals surface area contributed by atoms with Crippen LogP contribution in [-0.2, 0) is 6.42 Å². The van der Waals surface area contributed by atoms with Gasteiger partial charge in [-0.1, -0.05) is 72.8 Å². The van der Waals surface area contributed by atoms with Gasteiger partial charge in [-0.15, -0.1) is 0 Å². The highest BCUT2D eigenvalue weighted by Crippen LogP contribution is 2.26. The number of aryl methyl sites for hydroxylation is 1. The molecule has 0 saturated heterocycles. The van der Waals surface area contributed by atoms with E-state index in [9.17, 15) is 0 Å². The van der Waals surface area contributed by atoms with Crippen LogP contribution in [0.3, 0.4) is 0 Å². The normalized spacial score (nSPS) is 12.8. The van der Waals surface area contributed by atoms with Gasteiger partial charge in [-0.2, -0.15) is 0 Å². The first-order chi connectivity index (χ1) is 10.8. The Morgan fingerprint density at radius 1 is 0.864 bits per heavy atom. The molecule has 0 radical (unpaired) electrons. The summed E-state index contributed by atoms with van der Waals surface area (Å²) in [5.41, 5.74) is 2.67. The van der Waals surface area contributed by atoms with Crippen molar-refractivity contribution in [1.82, 2.24) is 0 Å². The summed E-state index contributed by atoms with van der Waals surface area (Å²) in [7, 11) is 0. The Balaban J connectivity index is 1.68. The zero-order valence-corrected chi connectivity index (χ0v) is 12.9. The molecule has 1 atom stereocenters. The molecule has 110 valence electrons. The summed E-state index contributed by atoms with van der Waals surface area (Å²) in [5.74, 6) is 0. The lowest BCUT2D eigenvalue weighted by molar-refractivity contribution is 0.826. The second-order valence-corrected chi connectivity index (χ2v) is 5.60. The van der Waals surface area contributed by atoms with Crippen LogP contribution < -0.4 is 0 Å². The van der Waals surface area contributed by atoms with Crippen molar-refractivity contribution in [2.75, 3.05) is 0 Å². The number of rotatable bonds is 5. The van der Waals surface area contributed by atoms with Crippen LogP contribution in [0.5, 0.6) is 0 Å². The van der Waals surface area contributed by atoms with Gasteiger partial charge in [0.1, 0.15) is 0 Å². The van der Waals surface area contributed by atoms with Crippen LogP contribution in [0.25, 0.3) is 10.8 Å². The molecule has 0 fully saturated rings. The van der Waals surface area contributed by atoms with Gasteiger partial charge in [0.05, 0.1) is 6.04 Å². The Labute approximate surface area is 132 Å². The summed E-state index contributed by atoms with van der Waals surface area (Å²) >= 11 is 0. The smallest absolute Gasteiger partial charge is 0.0722 e. The fourth-order valence-electron chi connectivity index (χ4n) is 2.80. The molecule has 0 bridgehead atoms. The average Bonchev–Trinajstić information content (AvgIpc) is 2.59. The van der Waals surface area contributed by atoms with Crippen molar-refractivity contribution in [2.24, 2.45) is 4.99 Å². The molecule has 0 spiro atoms. The van der Waals surface area contributed by atoms with Gasteiger partial charge in [0.2, 0.25) is 0 Å². The molecule has 3 rings (SSSR count). The van der Waals surface area contributed by atoms with Gasteiger partial charge in [0.25, 0.3) is 0 Å². The summed E-state index contributed by atoms with van der Waals surface area (Å²) in [6.45, 7) is 2.17. The van der Waals surface area contributed by atoms with E-state index in [4.69, 9.17) is 4.99 Å². The molecule has 1 nitrogen and oxygen atoms in total. The van der Waals surface area contributed by atoms with E-state index >= 15 is 0 Å². The maximum atomic E-state index is 4.73. The quantitative estimate of drug-likeness (QED) is 0.541. The van der Waals surface area contributed by atoms with Gasteiger partial charge >= 0.3 is 0 Å². The van der Waals surface area contributed by atoms with Crippen molar-refractivity contribution >= 4 is 17.0 Å². The third-order valence-corrected chi connectivity index (χ3v) is 4.01. The minimum atomic E-state index is 0.196. The summed E-state index contributed by atoms with van der Waals surface area (Å²) in [5, 5.41) is 2.59. The first kappa shape index (κ1) is 14.5. The number of nitrogens with zero attached hydrogens (tertiary/aromatic N) is 1. The predicted molar refractivity (Wildman–Crippen MR) is 95.6 cm³/mol.